The maximum absolute atomic E-state index is 13.0. The average molecular weight is 348 g/mol. The lowest BCUT2D eigenvalue weighted by Crippen LogP contribution is -2.41. The summed E-state index contributed by atoms with van der Waals surface area (Å²) in [6.07, 6.45) is 11.5. The molecule has 0 radical (unpaired) electrons. The zero-order chi connectivity index (χ0) is 17.4. The Labute approximate surface area is 150 Å². The molecule has 0 aromatic heterocycles. The van der Waals surface area contributed by atoms with Crippen molar-refractivity contribution in [1.29, 1.82) is 0 Å². The van der Waals surface area contributed by atoms with Gasteiger partial charge in [0.25, 0.3) is 5.91 Å². The largest absolute Gasteiger partial charge is 0.383 e. The zero-order valence-electron chi connectivity index (χ0n) is 15.2. The molecule has 140 valence electrons. The lowest BCUT2D eigenvalue weighted by Gasteiger charge is -2.32. The van der Waals surface area contributed by atoms with Gasteiger partial charge in [0, 0.05) is 37.0 Å². The summed E-state index contributed by atoms with van der Waals surface area (Å²) in [6, 6.07) is 0.682. The number of rotatable bonds is 3. The van der Waals surface area contributed by atoms with E-state index < -0.39 is 6.10 Å². The molecule has 4 fully saturated rings. The van der Waals surface area contributed by atoms with Crippen LogP contribution in [-0.4, -0.2) is 58.0 Å². The van der Waals surface area contributed by atoms with Crippen molar-refractivity contribution in [3.05, 3.63) is 0 Å². The molecule has 2 saturated carbocycles. The maximum Gasteiger partial charge on any atom is 0.252 e. The molecule has 25 heavy (non-hydrogen) atoms. The fraction of sp³-hybridized carbons (Fsp3) is 0.900. The number of hydrogen-bond acceptors (Lipinski definition) is 3. The van der Waals surface area contributed by atoms with Crippen molar-refractivity contribution in [2.75, 3.05) is 13.1 Å². The molecule has 4 rings (SSSR count). The Kier molecular flexibility index (Phi) is 5.03. The van der Waals surface area contributed by atoms with E-state index in [-0.39, 0.29) is 29.7 Å². The third-order valence-electron chi connectivity index (χ3n) is 7.18. The number of carbonyl (C=O) groups excluding carboxylic acids is 2. The summed E-state index contributed by atoms with van der Waals surface area (Å²) in [6.45, 7) is 1.40. The van der Waals surface area contributed by atoms with Gasteiger partial charge in [-0.15, -0.1) is 0 Å². The van der Waals surface area contributed by atoms with Crippen LogP contribution in [0.4, 0.5) is 0 Å². The molecule has 0 unspecified atom stereocenters. The van der Waals surface area contributed by atoms with Gasteiger partial charge >= 0.3 is 0 Å². The predicted octanol–water partition coefficient (Wildman–Crippen LogP) is 2.32. The summed E-state index contributed by atoms with van der Waals surface area (Å²) in [4.78, 5) is 29.6. The highest BCUT2D eigenvalue weighted by atomic mass is 16.3. The highest BCUT2D eigenvalue weighted by Crippen LogP contribution is 2.38. The van der Waals surface area contributed by atoms with E-state index in [1.807, 2.05) is 4.90 Å². The minimum atomic E-state index is -0.970. The Bertz CT molecular complexity index is 511. The third kappa shape index (κ3) is 3.20. The van der Waals surface area contributed by atoms with Crippen LogP contribution >= 0.6 is 0 Å². The van der Waals surface area contributed by atoms with Crippen molar-refractivity contribution in [1.82, 2.24) is 9.80 Å². The molecule has 2 saturated heterocycles. The number of amides is 2. The number of carbonyl (C=O) groups is 2. The molecule has 5 nitrogen and oxygen atoms in total. The number of aliphatic hydroxyl groups is 1. The van der Waals surface area contributed by atoms with E-state index in [1.54, 1.807) is 0 Å². The molecule has 1 N–H and O–H groups in total. The predicted molar refractivity (Wildman–Crippen MR) is 94.8 cm³/mol. The van der Waals surface area contributed by atoms with E-state index in [0.29, 0.717) is 12.6 Å². The summed E-state index contributed by atoms with van der Waals surface area (Å²) < 4.78 is 0. The zero-order valence-corrected chi connectivity index (χ0v) is 15.2. The van der Waals surface area contributed by atoms with Crippen molar-refractivity contribution in [3.8, 4) is 0 Å². The second-order valence-electron chi connectivity index (χ2n) is 8.61. The number of hydrogen-bond donors (Lipinski definition) is 1. The second kappa shape index (κ2) is 7.26. The molecule has 0 spiro atoms. The van der Waals surface area contributed by atoms with E-state index >= 15 is 0 Å². The maximum atomic E-state index is 13.0. The molecule has 4 aliphatic rings. The monoisotopic (exact) mass is 348 g/mol. The van der Waals surface area contributed by atoms with E-state index in [9.17, 15) is 14.7 Å². The Morgan fingerprint density at radius 1 is 0.720 bits per heavy atom. The van der Waals surface area contributed by atoms with Crippen molar-refractivity contribution < 1.29 is 14.7 Å². The van der Waals surface area contributed by atoms with Gasteiger partial charge in [-0.3, -0.25) is 9.59 Å². The normalized spacial score (nSPS) is 35.8. The summed E-state index contributed by atoms with van der Waals surface area (Å²) in [7, 11) is 0. The first-order valence-corrected chi connectivity index (χ1v) is 10.5. The molecular weight excluding hydrogens is 316 g/mol. The molecule has 5 heteroatoms. The highest BCUT2D eigenvalue weighted by molar-refractivity contribution is 5.87. The molecule has 0 aromatic rings. The lowest BCUT2D eigenvalue weighted by atomic mass is 9.88. The molecule has 0 aromatic carbocycles. The topological polar surface area (TPSA) is 60.9 Å². The van der Waals surface area contributed by atoms with E-state index in [4.69, 9.17) is 0 Å². The van der Waals surface area contributed by atoms with E-state index in [1.165, 1.54) is 38.5 Å². The third-order valence-corrected chi connectivity index (χ3v) is 7.18. The molecule has 2 aliphatic carbocycles. The molecular formula is C20H32N2O3. The highest BCUT2D eigenvalue weighted by Gasteiger charge is 2.50. The van der Waals surface area contributed by atoms with Crippen molar-refractivity contribution in [2.24, 2.45) is 11.8 Å². The summed E-state index contributed by atoms with van der Waals surface area (Å²) >= 11 is 0. The molecule has 0 bridgehead atoms. The average Bonchev–Trinajstić information content (AvgIpc) is 3.17. The van der Waals surface area contributed by atoms with Crippen molar-refractivity contribution in [2.45, 2.75) is 88.8 Å². The first kappa shape index (κ1) is 17.3. The van der Waals surface area contributed by atoms with Crippen LogP contribution in [0.5, 0.6) is 0 Å². The van der Waals surface area contributed by atoms with Crippen LogP contribution in [0.15, 0.2) is 0 Å². The smallest absolute Gasteiger partial charge is 0.252 e. The van der Waals surface area contributed by atoms with Gasteiger partial charge in [-0.1, -0.05) is 38.5 Å². The van der Waals surface area contributed by atoms with E-state index in [0.717, 1.165) is 38.6 Å². The summed E-state index contributed by atoms with van der Waals surface area (Å²) in [5.41, 5.74) is 0. The van der Waals surface area contributed by atoms with Crippen LogP contribution in [0.3, 0.4) is 0 Å². The molecule has 2 aliphatic heterocycles. The molecule has 3 atom stereocenters. The van der Waals surface area contributed by atoms with Crippen LogP contribution in [0.2, 0.25) is 0 Å². The van der Waals surface area contributed by atoms with Gasteiger partial charge in [0.2, 0.25) is 5.91 Å². The summed E-state index contributed by atoms with van der Waals surface area (Å²) in [5.74, 6) is -0.278. The Balaban J connectivity index is 1.42. The minimum Gasteiger partial charge on any atom is -0.383 e. The Morgan fingerprint density at radius 2 is 1.28 bits per heavy atom. The van der Waals surface area contributed by atoms with E-state index in [2.05, 4.69) is 4.90 Å². The number of nitrogens with zero attached hydrogens (tertiary/aromatic N) is 2. The van der Waals surface area contributed by atoms with Gasteiger partial charge in [-0.2, -0.15) is 0 Å². The fourth-order valence-electron chi connectivity index (χ4n) is 5.72. The van der Waals surface area contributed by atoms with Crippen LogP contribution in [0.1, 0.15) is 70.6 Å². The van der Waals surface area contributed by atoms with Gasteiger partial charge in [-0.25, -0.2) is 0 Å². The van der Waals surface area contributed by atoms with Gasteiger partial charge in [0.05, 0.1) is 0 Å². The minimum absolute atomic E-state index is 0.124. The van der Waals surface area contributed by atoms with Gasteiger partial charge in [0.1, 0.15) is 6.10 Å². The number of aliphatic hydroxyl groups excluding tert-OH is 1. The van der Waals surface area contributed by atoms with Gasteiger partial charge in [-0.05, 0) is 32.1 Å². The standard InChI is InChI=1S/C20H32N2O3/c23-18-17(13-22(20(18)25)15-9-5-2-6-10-15)16-11-12-21(19(16)24)14-7-3-1-4-8-14/h14-18,23H,1-13H2/t16-,17+,18-/m1/s1. The molecule has 2 heterocycles. The van der Waals surface area contributed by atoms with Crippen LogP contribution < -0.4 is 0 Å². The summed E-state index contributed by atoms with van der Waals surface area (Å²) in [5, 5.41) is 10.6. The van der Waals surface area contributed by atoms with Gasteiger partial charge in [0.15, 0.2) is 0 Å². The number of likely N-dealkylation sites (tertiary alicyclic amines) is 2. The van der Waals surface area contributed by atoms with Crippen molar-refractivity contribution >= 4 is 11.8 Å². The Hall–Kier alpha value is -1.10. The molecule has 2 amide bonds. The quantitative estimate of drug-likeness (QED) is 0.851. The fourth-order valence-corrected chi connectivity index (χ4v) is 5.72. The first-order valence-electron chi connectivity index (χ1n) is 10.5. The lowest BCUT2D eigenvalue weighted by molar-refractivity contribution is -0.138. The first-order chi connectivity index (χ1) is 12.2. The van der Waals surface area contributed by atoms with Gasteiger partial charge < -0.3 is 14.9 Å². The SMILES string of the molecule is O=C1[C@H](O)[C@H]([C@H]2CCN(C3CCCCC3)C2=O)CN1C1CCCCC1. The van der Waals surface area contributed by atoms with Crippen LogP contribution in [0, 0.1) is 11.8 Å². The van der Waals surface area contributed by atoms with Crippen molar-refractivity contribution in [3.63, 3.8) is 0 Å². The van der Waals surface area contributed by atoms with Crippen LogP contribution in [0.25, 0.3) is 0 Å². The second-order valence-corrected chi connectivity index (χ2v) is 8.61. The Morgan fingerprint density at radius 3 is 1.88 bits per heavy atom. The van der Waals surface area contributed by atoms with Crippen LogP contribution in [-0.2, 0) is 9.59 Å².